The summed E-state index contributed by atoms with van der Waals surface area (Å²) in [6, 6.07) is 8.29. The number of aromatic nitrogens is 2. The van der Waals surface area contributed by atoms with Crippen LogP contribution in [0.3, 0.4) is 0 Å². The van der Waals surface area contributed by atoms with Crippen molar-refractivity contribution in [3.8, 4) is 11.3 Å². The summed E-state index contributed by atoms with van der Waals surface area (Å²) in [7, 11) is 0. The molecule has 3 heteroatoms. The summed E-state index contributed by atoms with van der Waals surface area (Å²) in [5.74, 6) is 0.820. The molecule has 1 aromatic carbocycles. The lowest BCUT2D eigenvalue weighted by atomic mass is 10.1. The van der Waals surface area contributed by atoms with E-state index in [-0.39, 0.29) is 0 Å². The van der Waals surface area contributed by atoms with E-state index >= 15 is 0 Å². The van der Waals surface area contributed by atoms with E-state index in [9.17, 15) is 0 Å². The van der Waals surface area contributed by atoms with Crippen LogP contribution in [0.1, 0.15) is 12.5 Å². The minimum atomic E-state index is 0.820. The van der Waals surface area contributed by atoms with Gasteiger partial charge in [0.25, 0.3) is 0 Å². The minimum Gasteiger partial charge on any atom is -0.369 e. The first-order valence-electron chi connectivity index (χ1n) is 5.42. The molecule has 82 valence electrons. The maximum Gasteiger partial charge on any atom is 0.145 e. The summed E-state index contributed by atoms with van der Waals surface area (Å²) in [6.45, 7) is 4.97. The Morgan fingerprint density at radius 1 is 1.12 bits per heavy atom. The SMILES string of the molecule is CCNc1cncc(-c2ccc(C)cc2)n1. The zero-order chi connectivity index (χ0) is 11.4. The Bertz CT molecular complexity index is 463. The fourth-order valence-corrected chi connectivity index (χ4v) is 1.50. The highest BCUT2D eigenvalue weighted by Gasteiger charge is 2.00. The van der Waals surface area contributed by atoms with Crippen molar-refractivity contribution < 1.29 is 0 Å². The van der Waals surface area contributed by atoms with Gasteiger partial charge < -0.3 is 5.32 Å². The van der Waals surface area contributed by atoms with Crippen LogP contribution in [0.15, 0.2) is 36.7 Å². The predicted octanol–water partition coefficient (Wildman–Crippen LogP) is 2.88. The molecule has 0 amide bonds. The van der Waals surface area contributed by atoms with Gasteiger partial charge >= 0.3 is 0 Å². The molecule has 16 heavy (non-hydrogen) atoms. The fraction of sp³-hybridized carbons (Fsp3) is 0.231. The molecule has 0 saturated heterocycles. The Balaban J connectivity index is 2.32. The van der Waals surface area contributed by atoms with Gasteiger partial charge in [-0.3, -0.25) is 4.98 Å². The molecule has 1 N–H and O–H groups in total. The Hall–Kier alpha value is -1.90. The first-order chi connectivity index (χ1) is 7.79. The molecule has 2 rings (SSSR count). The highest BCUT2D eigenvalue weighted by molar-refractivity contribution is 5.60. The van der Waals surface area contributed by atoms with E-state index in [2.05, 4.69) is 46.5 Å². The maximum absolute atomic E-state index is 4.49. The van der Waals surface area contributed by atoms with Gasteiger partial charge in [-0.25, -0.2) is 4.98 Å². The third kappa shape index (κ3) is 2.37. The lowest BCUT2D eigenvalue weighted by molar-refractivity contribution is 1.12. The van der Waals surface area contributed by atoms with Crippen LogP contribution >= 0.6 is 0 Å². The molecular weight excluding hydrogens is 198 g/mol. The molecule has 0 aliphatic carbocycles. The van der Waals surface area contributed by atoms with Crippen LogP contribution in [-0.4, -0.2) is 16.5 Å². The summed E-state index contributed by atoms with van der Waals surface area (Å²) >= 11 is 0. The smallest absolute Gasteiger partial charge is 0.145 e. The summed E-state index contributed by atoms with van der Waals surface area (Å²) in [4.78, 5) is 8.67. The Labute approximate surface area is 95.6 Å². The van der Waals surface area contributed by atoms with Gasteiger partial charge in [-0.15, -0.1) is 0 Å². The Morgan fingerprint density at radius 3 is 2.56 bits per heavy atom. The second-order valence-electron chi connectivity index (χ2n) is 3.69. The van der Waals surface area contributed by atoms with Crippen molar-refractivity contribution in [2.24, 2.45) is 0 Å². The summed E-state index contributed by atoms with van der Waals surface area (Å²) in [5, 5.41) is 3.16. The molecule has 2 aromatic rings. The zero-order valence-electron chi connectivity index (χ0n) is 9.57. The van der Waals surface area contributed by atoms with Gasteiger partial charge in [-0.2, -0.15) is 0 Å². The van der Waals surface area contributed by atoms with Crippen LogP contribution in [0, 0.1) is 6.92 Å². The molecule has 0 atom stereocenters. The topological polar surface area (TPSA) is 37.8 Å². The average Bonchev–Trinajstić information content (AvgIpc) is 2.31. The van der Waals surface area contributed by atoms with Crippen LogP contribution in [0.5, 0.6) is 0 Å². The summed E-state index contributed by atoms with van der Waals surface area (Å²) in [5.41, 5.74) is 3.25. The van der Waals surface area contributed by atoms with Crippen molar-refractivity contribution in [3.05, 3.63) is 42.2 Å². The van der Waals surface area contributed by atoms with Gasteiger partial charge in [0.2, 0.25) is 0 Å². The molecule has 0 unspecified atom stereocenters. The second kappa shape index (κ2) is 4.75. The van der Waals surface area contributed by atoms with Gasteiger partial charge in [0.15, 0.2) is 0 Å². The third-order valence-corrected chi connectivity index (χ3v) is 2.34. The highest BCUT2D eigenvalue weighted by atomic mass is 15.0. The van der Waals surface area contributed by atoms with Gasteiger partial charge in [0, 0.05) is 12.1 Å². The van der Waals surface area contributed by atoms with Crippen molar-refractivity contribution in [2.45, 2.75) is 13.8 Å². The first-order valence-corrected chi connectivity index (χ1v) is 5.42. The van der Waals surface area contributed by atoms with Crippen molar-refractivity contribution in [1.29, 1.82) is 0 Å². The number of rotatable bonds is 3. The molecule has 0 fully saturated rings. The largest absolute Gasteiger partial charge is 0.369 e. The van der Waals surface area contributed by atoms with Gasteiger partial charge in [0.05, 0.1) is 18.1 Å². The summed E-state index contributed by atoms with van der Waals surface area (Å²) in [6.07, 6.45) is 3.52. The normalized spacial score (nSPS) is 10.1. The molecular formula is C13H15N3. The van der Waals surface area contributed by atoms with E-state index in [4.69, 9.17) is 0 Å². The van der Waals surface area contributed by atoms with Crippen molar-refractivity contribution in [3.63, 3.8) is 0 Å². The van der Waals surface area contributed by atoms with Crippen LogP contribution in [0.4, 0.5) is 5.82 Å². The molecule has 0 bridgehead atoms. The van der Waals surface area contributed by atoms with Gasteiger partial charge in [-0.05, 0) is 13.8 Å². The molecule has 1 heterocycles. The second-order valence-corrected chi connectivity index (χ2v) is 3.69. The van der Waals surface area contributed by atoms with Crippen LogP contribution in [0.2, 0.25) is 0 Å². The fourth-order valence-electron chi connectivity index (χ4n) is 1.50. The monoisotopic (exact) mass is 213 g/mol. The van der Waals surface area contributed by atoms with E-state index in [0.29, 0.717) is 0 Å². The average molecular weight is 213 g/mol. The van der Waals surface area contributed by atoms with Crippen LogP contribution in [0.25, 0.3) is 11.3 Å². The Morgan fingerprint density at radius 2 is 1.88 bits per heavy atom. The zero-order valence-corrected chi connectivity index (χ0v) is 9.57. The predicted molar refractivity (Wildman–Crippen MR) is 66.4 cm³/mol. The van der Waals surface area contributed by atoms with Crippen molar-refractivity contribution >= 4 is 5.82 Å². The maximum atomic E-state index is 4.49. The molecule has 0 aliphatic heterocycles. The van der Waals surface area contributed by atoms with E-state index in [1.165, 1.54) is 5.56 Å². The first kappa shape index (κ1) is 10.6. The van der Waals surface area contributed by atoms with Crippen molar-refractivity contribution in [2.75, 3.05) is 11.9 Å². The minimum absolute atomic E-state index is 0.820. The van der Waals surface area contributed by atoms with E-state index in [1.54, 1.807) is 12.4 Å². The number of hydrogen-bond donors (Lipinski definition) is 1. The van der Waals surface area contributed by atoms with E-state index in [1.807, 2.05) is 6.92 Å². The molecule has 0 saturated carbocycles. The van der Waals surface area contributed by atoms with Crippen LogP contribution < -0.4 is 5.32 Å². The van der Waals surface area contributed by atoms with Gasteiger partial charge in [-0.1, -0.05) is 29.8 Å². The quantitative estimate of drug-likeness (QED) is 0.851. The number of nitrogens with one attached hydrogen (secondary N) is 1. The number of hydrogen-bond acceptors (Lipinski definition) is 3. The summed E-state index contributed by atoms with van der Waals surface area (Å²) < 4.78 is 0. The number of benzene rings is 1. The van der Waals surface area contributed by atoms with Gasteiger partial charge in [0.1, 0.15) is 5.82 Å². The van der Waals surface area contributed by atoms with Crippen LogP contribution in [-0.2, 0) is 0 Å². The van der Waals surface area contributed by atoms with E-state index in [0.717, 1.165) is 23.6 Å². The highest BCUT2D eigenvalue weighted by Crippen LogP contribution is 2.17. The Kier molecular flexibility index (Phi) is 3.15. The molecule has 0 spiro atoms. The molecule has 0 radical (unpaired) electrons. The van der Waals surface area contributed by atoms with E-state index < -0.39 is 0 Å². The molecule has 3 nitrogen and oxygen atoms in total. The molecule has 1 aromatic heterocycles. The molecule has 0 aliphatic rings. The number of anilines is 1. The number of aryl methyl sites for hydroxylation is 1. The number of nitrogens with zero attached hydrogens (tertiary/aromatic N) is 2. The van der Waals surface area contributed by atoms with Crippen molar-refractivity contribution in [1.82, 2.24) is 9.97 Å². The lowest BCUT2D eigenvalue weighted by Crippen LogP contribution is -2.00. The lowest BCUT2D eigenvalue weighted by Gasteiger charge is -2.05. The third-order valence-electron chi connectivity index (χ3n) is 2.34. The standard InChI is InChI=1S/C13H15N3/c1-3-15-13-9-14-8-12(16-13)11-6-4-10(2)5-7-11/h4-9H,3H2,1-2H3,(H,15,16).